The second kappa shape index (κ2) is 8.61. The van der Waals surface area contributed by atoms with E-state index in [9.17, 15) is 0 Å². The van der Waals surface area contributed by atoms with Crippen LogP contribution >= 0.6 is 11.8 Å². The topological polar surface area (TPSA) is 59.9 Å². The number of nitrogens with one attached hydrogen (secondary N) is 1. The Balaban J connectivity index is 1.71. The SMILES string of the molecule is CCCCSc1nnc2c(n1)O[C@H](c1ccc(CC)cc1)Nc1ccccc1-2. The maximum Gasteiger partial charge on any atom is 0.247 e. The summed E-state index contributed by atoms with van der Waals surface area (Å²) in [4.78, 5) is 4.68. The van der Waals surface area contributed by atoms with E-state index in [0.29, 0.717) is 16.7 Å². The number of rotatable bonds is 6. The van der Waals surface area contributed by atoms with Gasteiger partial charge in [0.05, 0.1) is 0 Å². The van der Waals surface area contributed by atoms with Crippen LogP contribution in [-0.4, -0.2) is 20.9 Å². The van der Waals surface area contributed by atoms with Gasteiger partial charge in [-0.05, 0) is 24.5 Å². The predicted octanol–water partition coefficient (Wildman–Crippen LogP) is 5.50. The molecule has 1 aromatic heterocycles. The third-order valence-corrected chi connectivity index (χ3v) is 5.68. The molecule has 1 aliphatic rings. The van der Waals surface area contributed by atoms with Crippen LogP contribution in [0, 0.1) is 0 Å². The number of anilines is 1. The summed E-state index contributed by atoms with van der Waals surface area (Å²) in [6.45, 7) is 4.33. The first-order chi connectivity index (χ1) is 13.8. The third kappa shape index (κ3) is 3.97. The molecule has 0 saturated heterocycles. The molecular formula is C22H24N4OS. The van der Waals surface area contributed by atoms with Gasteiger partial charge in [-0.25, -0.2) is 0 Å². The fraction of sp³-hybridized carbons (Fsp3) is 0.318. The summed E-state index contributed by atoms with van der Waals surface area (Å²) in [5.74, 6) is 1.50. The van der Waals surface area contributed by atoms with Crippen molar-refractivity contribution >= 4 is 17.4 Å². The third-order valence-electron chi connectivity index (χ3n) is 4.75. The number of hydrogen-bond acceptors (Lipinski definition) is 6. The average molecular weight is 393 g/mol. The molecule has 0 saturated carbocycles. The second-order valence-corrected chi connectivity index (χ2v) is 7.80. The van der Waals surface area contributed by atoms with Gasteiger partial charge in [0, 0.05) is 22.6 Å². The summed E-state index contributed by atoms with van der Waals surface area (Å²) in [5.41, 5.74) is 4.95. The van der Waals surface area contributed by atoms with Crippen molar-refractivity contribution in [2.24, 2.45) is 0 Å². The molecule has 0 bridgehead atoms. The zero-order valence-corrected chi connectivity index (χ0v) is 17.0. The molecule has 4 rings (SSSR count). The number of hydrogen-bond donors (Lipinski definition) is 1. The Hall–Kier alpha value is -2.60. The summed E-state index contributed by atoms with van der Waals surface area (Å²) in [6.07, 6.45) is 2.96. The van der Waals surface area contributed by atoms with E-state index in [4.69, 9.17) is 4.74 Å². The molecule has 144 valence electrons. The number of unbranched alkanes of at least 4 members (excludes halogenated alkanes) is 1. The van der Waals surface area contributed by atoms with Gasteiger partial charge in [0.15, 0.2) is 11.9 Å². The highest BCUT2D eigenvalue weighted by Crippen LogP contribution is 2.39. The number of fused-ring (bicyclic) bond motifs is 3. The van der Waals surface area contributed by atoms with Crippen molar-refractivity contribution in [2.45, 2.75) is 44.5 Å². The molecule has 0 fully saturated rings. The quantitative estimate of drug-likeness (QED) is 0.442. The van der Waals surface area contributed by atoms with E-state index in [2.05, 4.69) is 58.6 Å². The summed E-state index contributed by atoms with van der Waals surface area (Å²) in [7, 11) is 0. The molecule has 3 aromatic rings. The second-order valence-electron chi connectivity index (χ2n) is 6.73. The largest absolute Gasteiger partial charge is 0.448 e. The highest BCUT2D eigenvalue weighted by Gasteiger charge is 2.25. The van der Waals surface area contributed by atoms with Crippen molar-refractivity contribution in [1.29, 1.82) is 0 Å². The summed E-state index contributed by atoms with van der Waals surface area (Å²) >= 11 is 1.62. The Bertz CT molecular complexity index is 946. The zero-order valence-electron chi connectivity index (χ0n) is 16.2. The first-order valence-corrected chi connectivity index (χ1v) is 10.8. The van der Waals surface area contributed by atoms with Crippen molar-refractivity contribution in [3.05, 3.63) is 59.7 Å². The summed E-state index contributed by atoms with van der Waals surface area (Å²) in [5, 5.41) is 12.9. The lowest BCUT2D eigenvalue weighted by molar-refractivity contribution is 0.225. The van der Waals surface area contributed by atoms with Gasteiger partial charge in [0.2, 0.25) is 11.0 Å². The molecule has 1 N–H and O–H groups in total. The van der Waals surface area contributed by atoms with Crippen LogP contribution in [0.1, 0.15) is 44.0 Å². The molecule has 2 heterocycles. The molecule has 0 spiro atoms. The molecule has 28 heavy (non-hydrogen) atoms. The normalized spacial score (nSPS) is 15.0. The minimum absolute atomic E-state index is 0.335. The Morgan fingerprint density at radius 1 is 1.04 bits per heavy atom. The molecular weight excluding hydrogens is 368 g/mol. The van der Waals surface area contributed by atoms with Gasteiger partial charge in [-0.15, -0.1) is 10.2 Å². The zero-order chi connectivity index (χ0) is 19.3. The van der Waals surface area contributed by atoms with Gasteiger partial charge in [0.25, 0.3) is 0 Å². The molecule has 1 aliphatic heterocycles. The van der Waals surface area contributed by atoms with E-state index in [1.165, 1.54) is 5.56 Å². The van der Waals surface area contributed by atoms with E-state index in [-0.39, 0.29) is 6.23 Å². The van der Waals surface area contributed by atoms with Crippen LogP contribution in [0.25, 0.3) is 11.3 Å². The van der Waals surface area contributed by atoms with E-state index in [1.807, 2.05) is 24.3 Å². The van der Waals surface area contributed by atoms with Crippen LogP contribution in [0.5, 0.6) is 5.88 Å². The molecule has 0 unspecified atom stereocenters. The lowest BCUT2D eigenvalue weighted by Crippen LogP contribution is -2.17. The Morgan fingerprint density at radius 3 is 2.64 bits per heavy atom. The number of ether oxygens (including phenoxy) is 1. The molecule has 1 atom stereocenters. The lowest BCUT2D eigenvalue weighted by Gasteiger charge is -2.19. The number of aryl methyl sites for hydroxylation is 1. The number of aromatic nitrogens is 3. The Labute approximate surface area is 170 Å². The Morgan fingerprint density at radius 2 is 1.86 bits per heavy atom. The molecule has 6 heteroatoms. The van der Waals surface area contributed by atoms with E-state index < -0.39 is 0 Å². The van der Waals surface area contributed by atoms with Crippen molar-refractivity contribution in [2.75, 3.05) is 11.1 Å². The number of nitrogens with zero attached hydrogens (tertiary/aromatic N) is 3. The van der Waals surface area contributed by atoms with Crippen LogP contribution in [-0.2, 0) is 6.42 Å². The highest BCUT2D eigenvalue weighted by atomic mass is 32.2. The van der Waals surface area contributed by atoms with E-state index in [0.717, 1.165) is 41.8 Å². The smallest absolute Gasteiger partial charge is 0.247 e. The van der Waals surface area contributed by atoms with Gasteiger partial charge >= 0.3 is 0 Å². The standard InChI is InChI=1S/C22H24N4OS/c1-3-5-14-28-22-24-21-19(25-26-22)17-8-6-7-9-18(17)23-20(27-21)16-12-10-15(4-2)11-13-16/h6-13,20,23H,3-5,14H2,1-2H3/t20-/m1/s1. The number of thioether (sulfide) groups is 1. The van der Waals surface area contributed by atoms with Gasteiger partial charge in [-0.1, -0.05) is 74.5 Å². The van der Waals surface area contributed by atoms with Crippen LogP contribution in [0.15, 0.2) is 53.7 Å². The van der Waals surface area contributed by atoms with E-state index in [1.54, 1.807) is 11.8 Å². The van der Waals surface area contributed by atoms with Crippen LogP contribution < -0.4 is 10.1 Å². The molecule has 0 aliphatic carbocycles. The molecule has 0 radical (unpaired) electrons. The fourth-order valence-electron chi connectivity index (χ4n) is 3.10. The summed E-state index contributed by atoms with van der Waals surface area (Å²) < 4.78 is 6.31. The van der Waals surface area contributed by atoms with Crippen LogP contribution in [0.4, 0.5) is 5.69 Å². The molecule has 0 amide bonds. The van der Waals surface area contributed by atoms with Crippen molar-refractivity contribution in [3.8, 4) is 17.1 Å². The van der Waals surface area contributed by atoms with Gasteiger partial charge in [-0.2, -0.15) is 4.98 Å². The maximum atomic E-state index is 6.31. The maximum absolute atomic E-state index is 6.31. The van der Waals surface area contributed by atoms with Crippen LogP contribution in [0.3, 0.4) is 0 Å². The fourth-order valence-corrected chi connectivity index (χ4v) is 3.96. The molecule has 2 aromatic carbocycles. The highest BCUT2D eigenvalue weighted by molar-refractivity contribution is 7.99. The first-order valence-electron chi connectivity index (χ1n) is 9.77. The first kappa shape index (κ1) is 18.7. The van der Waals surface area contributed by atoms with Crippen molar-refractivity contribution in [1.82, 2.24) is 15.2 Å². The Kier molecular flexibility index (Phi) is 5.76. The predicted molar refractivity (Wildman–Crippen MR) is 114 cm³/mol. The van der Waals surface area contributed by atoms with Crippen molar-refractivity contribution in [3.63, 3.8) is 0 Å². The van der Waals surface area contributed by atoms with Gasteiger partial charge in [0.1, 0.15) is 0 Å². The van der Waals surface area contributed by atoms with E-state index >= 15 is 0 Å². The molecule has 5 nitrogen and oxygen atoms in total. The van der Waals surface area contributed by atoms with Crippen LogP contribution in [0.2, 0.25) is 0 Å². The minimum Gasteiger partial charge on any atom is -0.448 e. The minimum atomic E-state index is -0.335. The van der Waals surface area contributed by atoms with Gasteiger partial charge in [-0.3, -0.25) is 0 Å². The number of para-hydroxylation sites is 1. The van der Waals surface area contributed by atoms with Crippen molar-refractivity contribution < 1.29 is 4.74 Å². The summed E-state index contributed by atoms with van der Waals surface area (Å²) in [6, 6.07) is 16.5. The lowest BCUT2D eigenvalue weighted by atomic mass is 10.1. The number of benzene rings is 2. The average Bonchev–Trinajstić information content (AvgIpc) is 2.90. The van der Waals surface area contributed by atoms with Gasteiger partial charge < -0.3 is 10.1 Å². The monoisotopic (exact) mass is 392 g/mol.